The molecule has 0 aliphatic rings. The van der Waals surface area contributed by atoms with Crippen molar-refractivity contribution < 1.29 is 18.0 Å². The molecule has 0 spiro atoms. The summed E-state index contributed by atoms with van der Waals surface area (Å²) in [6, 6.07) is 21.7. The normalized spacial score (nSPS) is 12.3. The highest BCUT2D eigenvalue weighted by atomic mass is 79.9. The highest BCUT2D eigenvalue weighted by Gasteiger charge is 2.32. The number of carbonyl (C=O) groups is 2. The first-order valence-corrected chi connectivity index (χ1v) is 15.2. The molecule has 2 amide bonds. The molecule has 0 bridgehead atoms. The number of carbonyl (C=O) groups excluding carboxylic acids is 2. The maximum Gasteiger partial charge on any atom is 0.264 e. The number of amides is 2. The topological polar surface area (TPSA) is 86.8 Å². The first-order chi connectivity index (χ1) is 18.4. The number of rotatable bonds is 11. The molecule has 0 radical (unpaired) electrons. The molecule has 3 rings (SSSR count). The van der Waals surface area contributed by atoms with Gasteiger partial charge in [0.25, 0.3) is 10.0 Å². The second-order valence-corrected chi connectivity index (χ2v) is 12.8. The Kier molecular flexibility index (Phi) is 10.3. The van der Waals surface area contributed by atoms with E-state index in [-0.39, 0.29) is 29.3 Å². The Bertz CT molecular complexity index is 1360. The van der Waals surface area contributed by atoms with E-state index in [1.54, 1.807) is 37.3 Å². The summed E-state index contributed by atoms with van der Waals surface area (Å²) in [5, 5.41) is 2.86. The summed E-state index contributed by atoms with van der Waals surface area (Å²) in [4.78, 5) is 28.4. The van der Waals surface area contributed by atoms with E-state index in [9.17, 15) is 18.0 Å². The predicted octanol–water partition coefficient (Wildman–Crippen LogP) is 5.71. The van der Waals surface area contributed by atoms with Crippen LogP contribution in [0.2, 0.25) is 0 Å². The lowest BCUT2D eigenvalue weighted by Crippen LogP contribution is -2.52. The molecular weight excluding hydrogens is 578 g/mol. The lowest BCUT2D eigenvalue weighted by molar-refractivity contribution is -0.139. The number of nitrogens with one attached hydrogen (secondary N) is 1. The SMILES string of the molecule is CC(C)NC(=O)[C@@H](C)N(Cc1ccc(Br)cc1)C(=O)CN(c1ccc(C(C)C)cc1)S(=O)(=O)c1ccccc1. The van der Waals surface area contributed by atoms with Crippen molar-refractivity contribution in [3.63, 3.8) is 0 Å². The molecule has 0 fully saturated rings. The maximum atomic E-state index is 13.9. The molecule has 0 saturated carbocycles. The van der Waals surface area contributed by atoms with Gasteiger partial charge in [-0.3, -0.25) is 13.9 Å². The van der Waals surface area contributed by atoms with Gasteiger partial charge >= 0.3 is 0 Å². The molecule has 9 heteroatoms. The molecule has 0 aliphatic heterocycles. The standard InChI is InChI=1S/C30H36BrN3O4S/c1-21(2)25-13-17-27(18-14-25)34(39(37,38)28-9-7-6-8-10-28)20-29(35)33(23(5)30(36)32-22(3)4)19-24-11-15-26(31)16-12-24/h6-18,21-23H,19-20H2,1-5H3,(H,32,36)/t23-/m1/s1. The minimum absolute atomic E-state index is 0.0794. The lowest BCUT2D eigenvalue weighted by Gasteiger charge is -2.32. The Balaban J connectivity index is 2.02. The third kappa shape index (κ3) is 7.92. The molecular formula is C30H36BrN3O4S. The van der Waals surface area contributed by atoms with E-state index in [0.717, 1.165) is 19.9 Å². The molecule has 0 aliphatic carbocycles. The van der Waals surface area contributed by atoms with E-state index >= 15 is 0 Å². The molecule has 3 aromatic carbocycles. The summed E-state index contributed by atoms with van der Waals surface area (Å²) in [6.45, 7) is 9.14. The average molecular weight is 615 g/mol. The van der Waals surface area contributed by atoms with E-state index in [4.69, 9.17) is 0 Å². The van der Waals surface area contributed by atoms with Crippen LogP contribution in [0.25, 0.3) is 0 Å². The van der Waals surface area contributed by atoms with Gasteiger partial charge < -0.3 is 10.2 Å². The van der Waals surface area contributed by atoms with Gasteiger partial charge in [0.05, 0.1) is 10.6 Å². The zero-order chi connectivity index (χ0) is 28.7. The van der Waals surface area contributed by atoms with E-state index < -0.39 is 28.5 Å². The molecule has 7 nitrogen and oxygen atoms in total. The first kappa shape index (κ1) is 30.4. The number of hydrogen-bond donors (Lipinski definition) is 1. The largest absolute Gasteiger partial charge is 0.352 e. The Labute approximate surface area is 240 Å². The zero-order valence-electron chi connectivity index (χ0n) is 23.0. The molecule has 0 aromatic heterocycles. The van der Waals surface area contributed by atoms with E-state index in [1.165, 1.54) is 17.0 Å². The minimum Gasteiger partial charge on any atom is -0.352 e. The summed E-state index contributed by atoms with van der Waals surface area (Å²) in [7, 11) is -4.08. The average Bonchev–Trinajstić information content (AvgIpc) is 2.91. The molecule has 1 atom stereocenters. The Hall–Kier alpha value is -3.17. The summed E-state index contributed by atoms with van der Waals surface area (Å²) in [5.74, 6) is -0.535. The van der Waals surface area contributed by atoms with E-state index in [1.807, 2.05) is 50.2 Å². The van der Waals surface area contributed by atoms with Crippen molar-refractivity contribution in [2.45, 2.75) is 64.1 Å². The summed E-state index contributed by atoms with van der Waals surface area (Å²) in [6.07, 6.45) is 0. The van der Waals surface area contributed by atoms with Crippen LogP contribution in [0.1, 0.15) is 51.7 Å². The highest BCUT2D eigenvalue weighted by molar-refractivity contribution is 9.10. The molecule has 1 N–H and O–H groups in total. The van der Waals surface area contributed by atoms with Crippen molar-refractivity contribution in [3.05, 3.63) is 94.5 Å². The van der Waals surface area contributed by atoms with Gasteiger partial charge in [-0.05, 0) is 74.2 Å². The van der Waals surface area contributed by atoms with Crippen LogP contribution in [0.3, 0.4) is 0 Å². The van der Waals surface area contributed by atoms with Crippen LogP contribution in [-0.2, 0) is 26.2 Å². The summed E-state index contributed by atoms with van der Waals surface area (Å²) < 4.78 is 29.7. The number of benzene rings is 3. The van der Waals surface area contributed by atoms with Crippen LogP contribution in [0.5, 0.6) is 0 Å². The van der Waals surface area contributed by atoms with Crippen LogP contribution in [0.4, 0.5) is 5.69 Å². The Morgan fingerprint density at radius 2 is 1.44 bits per heavy atom. The number of halogens is 1. The van der Waals surface area contributed by atoms with Gasteiger partial charge in [-0.15, -0.1) is 0 Å². The van der Waals surface area contributed by atoms with E-state index in [0.29, 0.717) is 5.69 Å². The fourth-order valence-corrected chi connectivity index (χ4v) is 5.75. The lowest BCUT2D eigenvalue weighted by atomic mass is 10.0. The number of anilines is 1. The molecule has 0 unspecified atom stereocenters. The summed E-state index contributed by atoms with van der Waals surface area (Å²) >= 11 is 3.42. The third-order valence-electron chi connectivity index (χ3n) is 6.32. The van der Waals surface area contributed by atoms with Gasteiger partial charge in [-0.2, -0.15) is 0 Å². The summed E-state index contributed by atoms with van der Waals surface area (Å²) in [5.41, 5.74) is 2.24. The van der Waals surface area contributed by atoms with Crippen LogP contribution in [-0.4, -0.2) is 43.8 Å². The smallest absolute Gasteiger partial charge is 0.264 e. The van der Waals surface area contributed by atoms with E-state index in [2.05, 4.69) is 35.1 Å². The molecule has 0 saturated heterocycles. The minimum atomic E-state index is -4.08. The molecule has 0 heterocycles. The van der Waals surface area contributed by atoms with Crippen molar-refractivity contribution in [2.24, 2.45) is 0 Å². The Morgan fingerprint density at radius 1 is 0.846 bits per heavy atom. The van der Waals surface area contributed by atoms with Crippen LogP contribution in [0.15, 0.2) is 88.2 Å². The highest BCUT2D eigenvalue weighted by Crippen LogP contribution is 2.26. The van der Waals surface area contributed by atoms with Crippen molar-refractivity contribution >= 4 is 43.5 Å². The number of hydrogen-bond acceptors (Lipinski definition) is 4. The quantitative estimate of drug-likeness (QED) is 0.300. The molecule has 208 valence electrons. The van der Waals surface area contributed by atoms with Gasteiger partial charge in [0, 0.05) is 17.1 Å². The van der Waals surface area contributed by atoms with Gasteiger partial charge in [0.2, 0.25) is 11.8 Å². The van der Waals surface area contributed by atoms with Gasteiger partial charge in [-0.25, -0.2) is 8.42 Å². The van der Waals surface area contributed by atoms with Crippen LogP contribution >= 0.6 is 15.9 Å². The Morgan fingerprint density at radius 3 is 1.97 bits per heavy atom. The fraction of sp³-hybridized carbons (Fsp3) is 0.333. The van der Waals surface area contributed by atoms with Gasteiger partial charge in [0.1, 0.15) is 12.6 Å². The molecule has 39 heavy (non-hydrogen) atoms. The predicted molar refractivity (Wildman–Crippen MR) is 159 cm³/mol. The van der Waals surface area contributed by atoms with Crippen molar-refractivity contribution in [1.82, 2.24) is 10.2 Å². The fourth-order valence-electron chi connectivity index (χ4n) is 4.05. The van der Waals surface area contributed by atoms with Gasteiger partial charge in [-0.1, -0.05) is 72.2 Å². The zero-order valence-corrected chi connectivity index (χ0v) is 25.4. The number of sulfonamides is 1. The van der Waals surface area contributed by atoms with Gasteiger partial charge in [0.15, 0.2) is 0 Å². The molecule has 3 aromatic rings. The van der Waals surface area contributed by atoms with Crippen molar-refractivity contribution in [1.29, 1.82) is 0 Å². The van der Waals surface area contributed by atoms with Crippen molar-refractivity contribution in [3.8, 4) is 0 Å². The monoisotopic (exact) mass is 613 g/mol. The second-order valence-electron chi connectivity index (χ2n) is 10.1. The van der Waals surface area contributed by atoms with Crippen LogP contribution < -0.4 is 9.62 Å². The maximum absolute atomic E-state index is 13.9. The first-order valence-electron chi connectivity index (χ1n) is 12.9. The van der Waals surface area contributed by atoms with Crippen LogP contribution in [0, 0.1) is 0 Å². The second kappa shape index (κ2) is 13.3. The number of nitrogens with zero attached hydrogens (tertiary/aromatic N) is 2. The van der Waals surface area contributed by atoms with Crippen molar-refractivity contribution in [2.75, 3.05) is 10.8 Å². The third-order valence-corrected chi connectivity index (χ3v) is 8.64.